The zero-order chi connectivity index (χ0) is 16.7. The van der Waals surface area contributed by atoms with Gasteiger partial charge in [0.2, 0.25) is 0 Å². The topological polar surface area (TPSA) is 112 Å². The average Bonchev–Trinajstić information content (AvgIpc) is 2.78. The van der Waals surface area contributed by atoms with Crippen LogP contribution in [0.25, 0.3) is 0 Å². The summed E-state index contributed by atoms with van der Waals surface area (Å²) >= 11 is 0. The van der Waals surface area contributed by atoms with Gasteiger partial charge in [-0.15, -0.1) is 0 Å². The van der Waals surface area contributed by atoms with Crippen molar-refractivity contribution in [2.75, 3.05) is 4.90 Å². The Labute approximate surface area is 129 Å². The molecule has 1 heterocycles. The Morgan fingerprint density at radius 2 is 1.39 bits per heavy atom. The van der Waals surface area contributed by atoms with Gasteiger partial charge in [0.15, 0.2) is 0 Å². The van der Waals surface area contributed by atoms with E-state index >= 15 is 0 Å². The van der Waals surface area contributed by atoms with Crippen LogP contribution in [-0.2, 0) is 0 Å². The number of carboxylic acid groups (broad SMARTS) is 2. The molecule has 2 N–H and O–H groups in total. The zero-order valence-corrected chi connectivity index (χ0v) is 11.5. The molecule has 0 spiro atoms. The number of nitrogens with zero attached hydrogens (tertiary/aromatic N) is 1. The Morgan fingerprint density at radius 3 is 1.87 bits per heavy atom. The fourth-order valence-electron chi connectivity index (χ4n) is 2.44. The highest BCUT2D eigenvalue weighted by Crippen LogP contribution is 2.31. The predicted octanol–water partition coefficient (Wildman–Crippen LogP) is 1.88. The molecular formula is C16H9NO6. The number of carboxylic acids is 2. The molecule has 0 bridgehead atoms. The molecule has 0 radical (unpaired) electrons. The van der Waals surface area contributed by atoms with Crippen LogP contribution < -0.4 is 4.90 Å². The molecule has 0 aliphatic carbocycles. The van der Waals surface area contributed by atoms with Crippen LogP contribution in [-0.4, -0.2) is 34.0 Å². The van der Waals surface area contributed by atoms with Crippen molar-refractivity contribution >= 4 is 29.4 Å². The standard InChI is InChI=1S/C16H9NO6/c18-13-9-3-1-2-4-10(9)14(19)17(13)12-6-5-8(15(20)21)7-11(12)16(22)23/h1-7H,(H,20,21)(H,22,23). The molecule has 0 fully saturated rings. The van der Waals surface area contributed by atoms with Crippen molar-refractivity contribution in [3.8, 4) is 0 Å². The SMILES string of the molecule is O=C(O)c1ccc(N2C(=O)c3ccccc3C2=O)c(C(=O)O)c1. The predicted molar refractivity (Wildman–Crippen MR) is 77.9 cm³/mol. The van der Waals surface area contributed by atoms with Gasteiger partial charge in [-0.3, -0.25) is 9.59 Å². The second-order valence-electron chi connectivity index (χ2n) is 4.83. The second kappa shape index (κ2) is 5.06. The molecular weight excluding hydrogens is 302 g/mol. The number of aromatic carboxylic acids is 2. The highest BCUT2D eigenvalue weighted by atomic mass is 16.4. The molecule has 0 unspecified atom stereocenters. The summed E-state index contributed by atoms with van der Waals surface area (Å²) in [6.07, 6.45) is 0. The van der Waals surface area contributed by atoms with Gasteiger partial charge in [0.05, 0.1) is 27.9 Å². The Morgan fingerprint density at radius 1 is 0.826 bits per heavy atom. The van der Waals surface area contributed by atoms with Crippen molar-refractivity contribution in [3.63, 3.8) is 0 Å². The normalized spacial score (nSPS) is 13.1. The third kappa shape index (κ3) is 2.15. The van der Waals surface area contributed by atoms with Crippen LogP contribution >= 0.6 is 0 Å². The Hall–Kier alpha value is -3.48. The molecule has 7 heteroatoms. The quantitative estimate of drug-likeness (QED) is 0.837. The molecule has 0 aromatic heterocycles. The van der Waals surface area contributed by atoms with Gasteiger partial charge < -0.3 is 10.2 Å². The number of carbonyl (C=O) groups excluding carboxylic acids is 2. The Balaban J connectivity index is 2.17. The molecule has 23 heavy (non-hydrogen) atoms. The van der Waals surface area contributed by atoms with Gasteiger partial charge in [-0.05, 0) is 30.3 Å². The first-order valence-corrected chi connectivity index (χ1v) is 6.50. The Kier molecular flexibility index (Phi) is 3.18. The van der Waals surface area contributed by atoms with Crippen LogP contribution in [0.2, 0.25) is 0 Å². The van der Waals surface area contributed by atoms with E-state index in [-0.39, 0.29) is 22.4 Å². The zero-order valence-electron chi connectivity index (χ0n) is 11.5. The van der Waals surface area contributed by atoms with Gasteiger partial charge in [0, 0.05) is 0 Å². The van der Waals surface area contributed by atoms with E-state index in [0.29, 0.717) is 0 Å². The number of hydrogen-bond acceptors (Lipinski definition) is 4. The van der Waals surface area contributed by atoms with Crippen molar-refractivity contribution in [3.05, 3.63) is 64.7 Å². The van der Waals surface area contributed by atoms with E-state index < -0.39 is 29.3 Å². The van der Waals surface area contributed by atoms with Gasteiger partial charge in [-0.1, -0.05) is 12.1 Å². The molecule has 114 valence electrons. The van der Waals surface area contributed by atoms with Crippen LogP contribution in [0.4, 0.5) is 5.69 Å². The molecule has 2 aromatic carbocycles. The van der Waals surface area contributed by atoms with Gasteiger partial charge in [-0.25, -0.2) is 14.5 Å². The summed E-state index contributed by atoms with van der Waals surface area (Å²) < 4.78 is 0. The molecule has 2 aromatic rings. The fraction of sp³-hybridized carbons (Fsp3) is 0. The number of amides is 2. The van der Waals surface area contributed by atoms with Gasteiger partial charge in [-0.2, -0.15) is 0 Å². The summed E-state index contributed by atoms with van der Waals surface area (Å²) in [6, 6.07) is 9.35. The fourth-order valence-corrected chi connectivity index (χ4v) is 2.44. The molecule has 2 amide bonds. The van der Waals surface area contributed by atoms with Crippen molar-refractivity contribution in [1.82, 2.24) is 0 Å². The second-order valence-corrected chi connectivity index (χ2v) is 4.83. The summed E-state index contributed by atoms with van der Waals surface area (Å²) in [4.78, 5) is 47.9. The third-order valence-corrected chi connectivity index (χ3v) is 3.51. The lowest BCUT2D eigenvalue weighted by Crippen LogP contribution is -2.31. The van der Waals surface area contributed by atoms with Crippen molar-refractivity contribution in [1.29, 1.82) is 0 Å². The van der Waals surface area contributed by atoms with Crippen molar-refractivity contribution in [2.24, 2.45) is 0 Å². The lowest BCUT2D eigenvalue weighted by molar-refractivity contribution is 0.0695. The number of benzene rings is 2. The maximum atomic E-state index is 12.4. The maximum absolute atomic E-state index is 12.4. The monoisotopic (exact) mass is 311 g/mol. The van der Waals surface area contributed by atoms with E-state index in [2.05, 4.69) is 0 Å². The lowest BCUT2D eigenvalue weighted by atomic mass is 10.1. The summed E-state index contributed by atoms with van der Waals surface area (Å²) in [5, 5.41) is 18.2. The number of fused-ring (bicyclic) bond motifs is 1. The molecule has 0 saturated carbocycles. The number of anilines is 1. The van der Waals surface area contributed by atoms with E-state index in [9.17, 15) is 24.3 Å². The van der Waals surface area contributed by atoms with Crippen molar-refractivity contribution < 1.29 is 29.4 Å². The third-order valence-electron chi connectivity index (χ3n) is 3.51. The maximum Gasteiger partial charge on any atom is 0.337 e. The van der Waals surface area contributed by atoms with E-state index in [0.717, 1.165) is 23.1 Å². The average molecular weight is 311 g/mol. The van der Waals surface area contributed by atoms with Crippen LogP contribution in [0.5, 0.6) is 0 Å². The van der Waals surface area contributed by atoms with Crippen molar-refractivity contribution in [2.45, 2.75) is 0 Å². The van der Waals surface area contributed by atoms with Gasteiger partial charge in [0.25, 0.3) is 11.8 Å². The molecule has 1 aliphatic heterocycles. The molecule has 3 rings (SSSR count). The summed E-state index contributed by atoms with van der Waals surface area (Å²) in [6.45, 7) is 0. The number of imide groups is 1. The molecule has 1 aliphatic rings. The van der Waals surface area contributed by atoms with Gasteiger partial charge >= 0.3 is 11.9 Å². The highest BCUT2D eigenvalue weighted by molar-refractivity contribution is 6.35. The summed E-state index contributed by atoms with van der Waals surface area (Å²) in [5.74, 6) is -4.02. The minimum Gasteiger partial charge on any atom is -0.478 e. The van der Waals surface area contributed by atoms with E-state index in [1.807, 2.05) is 0 Å². The largest absolute Gasteiger partial charge is 0.478 e. The highest BCUT2D eigenvalue weighted by Gasteiger charge is 2.38. The molecule has 0 atom stereocenters. The summed E-state index contributed by atoms with van der Waals surface area (Å²) in [5.41, 5.74) is -0.483. The van der Waals surface area contributed by atoms with E-state index in [4.69, 9.17) is 5.11 Å². The first-order valence-electron chi connectivity index (χ1n) is 6.50. The Bertz CT molecular complexity index is 851. The van der Waals surface area contributed by atoms with Crippen LogP contribution in [0.1, 0.15) is 41.4 Å². The lowest BCUT2D eigenvalue weighted by Gasteiger charge is -2.16. The number of hydrogen-bond donors (Lipinski definition) is 2. The first kappa shape index (κ1) is 14.5. The first-order chi connectivity index (χ1) is 10.9. The number of rotatable bonds is 3. The smallest absolute Gasteiger partial charge is 0.337 e. The minimum atomic E-state index is -1.43. The summed E-state index contributed by atoms with van der Waals surface area (Å²) in [7, 11) is 0. The van der Waals surface area contributed by atoms with Crippen LogP contribution in [0.3, 0.4) is 0 Å². The van der Waals surface area contributed by atoms with E-state index in [1.165, 1.54) is 12.1 Å². The van der Waals surface area contributed by atoms with Crippen LogP contribution in [0, 0.1) is 0 Å². The number of carbonyl (C=O) groups is 4. The van der Waals surface area contributed by atoms with Gasteiger partial charge in [0.1, 0.15) is 0 Å². The van der Waals surface area contributed by atoms with Crippen LogP contribution in [0.15, 0.2) is 42.5 Å². The molecule has 7 nitrogen and oxygen atoms in total. The van der Waals surface area contributed by atoms with E-state index in [1.54, 1.807) is 12.1 Å². The molecule has 0 saturated heterocycles. The minimum absolute atomic E-state index is 0.159.